The molecule has 1 unspecified atom stereocenters. The van der Waals surface area contributed by atoms with Crippen LogP contribution in [0.3, 0.4) is 0 Å². The van der Waals surface area contributed by atoms with Gasteiger partial charge in [0.05, 0.1) is 22.6 Å². The number of hydrogen-bond acceptors (Lipinski definition) is 5. The molecule has 1 aromatic carbocycles. The summed E-state index contributed by atoms with van der Waals surface area (Å²) in [5, 5.41) is 12.0. The molecule has 6 nitrogen and oxygen atoms in total. The Morgan fingerprint density at radius 2 is 2.16 bits per heavy atom. The molecule has 7 heteroatoms. The molecule has 0 aliphatic carbocycles. The Labute approximate surface area is 111 Å². The van der Waals surface area contributed by atoms with E-state index >= 15 is 0 Å². The fourth-order valence-electron chi connectivity index (χ4n) is 2.19. The van der Waals surface area contributed by atoms with E-state index in [1.54, 1.807) is 6.92 Å². The van der Waals surface area contributed by atoms with Gasteiger partial charge in [-0.3, -0.25) is 4.79 Å². The number of carbonyl (C=O) groups excluding carboxylic acids is 1. The first-order valence-electron chi connectivity index (χ1n) is 5.82. The standard InChI is InChI=1S/C12H16N2O4S/c1-12(4-5-19(17,18)7-12)14-11(16)9-6-8(15)2-3-10(9)13/h2-3,6,15H,4-5,7,13H2,1H3,(H,14,16). The fourth-order valence-corrected chi connectivity index (χ4v) is 4.28. The van der Waals surface area contributed by atoms with Crippen LogP contribution in [0.2, 0.25) is 0 Å². The van der Waals surface area contributed by atoms with E-state index in [9.17, 15) is 18.3 Å². The lowest BCUT2D eigenvalue weighted by atomic mass is 10.0. The number of hydrogen-bond donors (Lipinski definition) is 3. The summed E-state index contributed by atoms with van der Waals surface area (Å²) < 4.78 is 22.9. The maximum Gasteiger partial charge on any atom is 0.253 e. The van der Waals surface area contributed by atoms with Crippen molar-refractivity contribution in [3.8, 4) is 5.75 Å². The molecule has 1 atom stereocenters. The Bertz CT molecular complexity index is 627. The maximum atomic E-state index is 12.1. The van der Waals surface area contributed by atoms with Crippen LogP contribution in [-0.2, 0) is 9.84 Å². The van der Waals surface area contributed by atoms with E-state index in [2.05, 4.69) is 5.32 Å². The molecule has 1 aliphatic rings. The molecule has 1 amide bonds. The molecule has 1 heterocycles. The number of aromatic hydroxyl groups is 1. The molecule has 1 aromatic rings. The Kier molecular flexibility index (Phi) is 3.17. The molecule has 19 heavy (non-hydrogen) atoms. The van der Waals surface area contributed by atoms with Crippen molar-refractivity contribution in [3.05, 3.63) is 23.8 Å². The molecule has 1 saturated heterocycles. The lowest BCUT2D eigenvalue weighted by molar-refractivity contribution is 0.0916. The molecule has 104 valence electrons. The average Bonchev–Trinajstić information content (AvgIpc) is 2.56. The topological polar surface area (TPSA) is 109 Å². The van der Waals surface area contributed by atoms with Gasteiger partial charge in [0.25, 0.3) is 5.91 Å². The summed E-state index contributed by atoms with van der Waals surface area (Å²) in [5.41, 5.74) is 5.27. The van der Waals surface area contributed by atoms with Crippen LogP contribution in [0.25, 0.3) is 0 Å². The van der Waals surface area contributed by atoms with Crippen LogP contribution in [0.1, 0.15) is 23.7 Å². The molecule has 4 N–H and O–H groups in total. The molecular weight excluding hydrogens is 268 g/mol. The van der Waals surface area contributed by atoms with Gasteiger partial charge < -0.3 is 16.2 Å². The Morgan fingerprint density at radius 1 is 1.47 bits per heavy atom. The number of nitrogen functional groups attached to an aromatic ring is 1. The number of amides is 1. The SMILES string of the molecule is CC1(NC(=O)c2cc(O)ccc2N)CCS(=O)(=O)C1. The number of rotatable bonds is 2. The quantitative estimate of drug-likeness (QED) is 0.534. The van der Waals surface area contributed by atoms with E-state index in [1.807, 2.05) is 0 Å². The third kappa shape index (κ3) is 2.98. The zero-order valence-electron chi connectivity index (χ0n) is 10.5. The van der Waals surface area contributed by atoms with Crippen molar-refractivity contribution in [2.75, 3.05) is 17.2 Å². The van der Waals surface area contributed by atoms with Gasteiger partial charge in [-0.2, -0.15) is 0 Å². The summed E-state index contributed by atoms with van der Waals surface area (Å²) >= 11 is 0. The van der Waals surface area contributed by atoms with Gasteiger partial charge in [0.15, 0.2) is 9.84 Å². The highest BCUT2D eigenvalue weighted by Crippen LogP contribution is 2.25. The van der Waals surface area contributed by atoms with Gasteiger partial charge in [-0.1, -0.05) is 0 Å². The second-order valence-electron chi connectivity index (χ2n) is 5.13. The summed E-state index contributed by atoms with van der Waals surface area (Å²) in [7, 11) is -3.10. The van der Waals surface area contributed by atoms with Gasteiger partial charge in [0.1, 0.15) is 5.75 Å². The third-order valence-corrected chi connectivity index (χ3v) is 5.10. The lowest BCUT2D eigenvalue weighted by Crippen LogP contribution is -2.47. The van der Waals surface area contributed by atoms with Gasteiger partial charge >= 0.3 is 0 Å². The summed E-state index contributed by atoms with van der Waals surface area (Å²) in [6.07, 6.45) is 0.375. The molecule has 0 saturated carbocycles. The summed E-state index contributed by atoms with van der Waals surface area (Å²) in [6, 6.07) is 4.07. The predicted octanol–water partition coefficient (Wildman–Crippen LogP) is 0.281. The van der Waals surface area contributed by atoms with Crippen LogP contribution < -0.4 is 11.1 Å². The van der Waals surface area contributed by atoms with E-state index in [0.717, 1.165) is 0 Å². The van der Waals surface area contributed by atoms with Crippen molar-refractivity contribution in [3.63, 3.8) is 0 Å². The molecule has 0 bridgehead atoms. The zero-order chi connectivity index (χ0) is 14.3. The van der Waals surface area contributed by atoms with E-state index in [0.29, 0.717) is 6.42 Å². The zero-order valence-corrected chi connectivity index (χ0v) is 11.3. The van der Waals surface area contributed by atoms with E-state index in [4.69, 9.17) is 5.73 Å². The summed E-state index contributed by atoms with van der Waals surface area (Å²) in [6.45, 7) is 1.69. The molecule has 1 aliphatic heterocycles. The van der Waals surface area contributed by atoms with Gasteiger partial charge in [-0.25, -0.2) is 8.42 Å². The van der Waals surface area contributed by atoms with Crippen LogP contribution >= 0.6 is 0 Å². The number of phenolic OH excluding ortho intramolecular Hbond substituents is 1. The molecule has 0 radical (unpaired) electrons. The van der Waals surface area contributed by atoms with Crippen molar-refractivity contribution >= 4 is 21.4 Å². The van der Waals surface area contributed by atoms with E-state index in [-0.39, 0.29) is 28.5 Å². The number of phenols is 1. The van der Waals surface area contributed by atoms with E-state index < -0.39 is 21.3 Å². The van der Waals surface area contributed by atoms with Crippen LogP contribution in [0, 0.1) is 0 Å². The van der Waals surface area contributed by atoms with Gasteiger partial charge in [-0.15, -0.1) is 0 Å². The van der Waals surface area contributed by atoms with E-state index in [1.165, 1.54) is 18.2 Å². The molecule has 2 rings (SSSR count). The van der Waals surface area contributed by atoms with Crippen LogP contribution in [-0.4, -0.2) is 36.5 Å². The number of carbonyl (C=O) groups is 1. The maximum absolute atomic E-state index is 12.1. The smallest absolute Gasteiger partial charge is 0.253 e. The van der Waals surface area contributed by atoms with Crippen molar-refractivity contribution in [1.82, 2.24) is 5.32 Å². The number of nitrogens with one attached hydrogen (secondary N) is 1. The second kappa shape index (κ2) is 4.41. The first kappa shape index (κ1) is 13.7. The average molecular weight is 284 g/mol. The van der Waals surface area contributed by atoms with Crippen LogP contribution in [0.4, 0.5) is 5.69 Å². The van der Waals surface area contributed by atoms with Gasteiger partial charge in [0, 0.05) is 5.69 Å². The third-order valence-electron chi connectivity index (χ3n) is 3.20. The Balaban J connectivity index is 2.20. The predicted molar refractivity (Wildman–Crippen MR) is 71.7 cm³/mol. The van der Waals surface area contributed by atoms with Crippen molar-refractivity contribution in [2.24, 2.45) is 0 Å². The normalized spacial score (nSPS) is 25.1. The molecule has 1 fully saturated rings. The Hall–Kier alpha value is -1.76. The van der Waals surface area contributed by atoms with Crippen LogP contribution in [0.15, 0.2) is 18.2 Å². The Morgan fingerprint density at radius 3 is 2.74 bits per heavy atom. The largest absolute Gasteiger partial charge is 0.508 e. The van der Waals surface area contributed by atoms with Gasteiger partial charge in [0.2, 0.25) is 0 Å². The summed E-state index contributed by atoms with van der Waals surface area (Å²) in [4.78, 5) is 12.1. The summed E-state index contributed by atoms with van der Waals surface area (Å²) in [5.74, 6) is -0.555. The first-order valence-corrected chi connectivity index (χ1v) is 7.64. The number of nitrogens with two attached hydrogens (primary N) is 1. The molecule has 0 aromatic heterocycles. The van der Waals surface area contributed by atoms with Crippen molar-refractivity contribution < 1.29 is 18.3 Å². The second-order valence-corrected chi connectivity index (χ2v) is 7.31. The molecular formula is C12H16N2O4S. The highest BCUT2D eigenvalue weighted by Gasteiger charge is 2.39. The number of benzene rings is 1. The number of sulfone groups is 1. The van der Waals surface area contributed by atoms with Crippen LogP contribution in [0.5, 0.6) is 5.75 Å². The lowest BCUT2D eigenvalue weighted by Gasteiger charge is -2.24. The minimum Gasteiger partial charge on any atom is -0.508 e. The fraction of sp³-hybridized carbons (Fsp3) is 0.417. The van der Waals surface area contributed by atoms with Gasteiger partial charge in [-0.05, 0) is 31.5 Å². The highest BCUT2D eigenvalue weighted by atomic mass is 32.2. The molecule has 0 spiro atoms. The van der Waals surface area contributed by atoms with Crippen molar-refractivity contribution in [1.29, 1.82) is 0 Å². The minimum absolute atomic E-state index is 0.0662. The number of anilines is 1. The van der Waals surface area contributed by atoms with Crippen molar-refractivity contribution in [2.45, 2.75) is 18.9 Å². The first-order chi connectivity index (χ1) is 8.71. The highest BCUT2D eigenvalue weighted by molar-refractivity contribution is 7.91. The minimum atomic E-state index is -3.10. The monoisotopic (exact) mass is 284 g/mol.